The number of rotatable bonds is 5. The third kappa shape index (κ3) is 4.19. The number of anilines is 2. The number of hydrogen-bond donors (Lipinski definition) is 2. The van der Waals surface area contributed by atoms with Crippen LogP contribution in [-0.4, -0.2) is 33.7 Å². The zero-order valence-corrected chi connectivity index (χ0v) is 18.8. The summed E-state index contributed by atoms with van der Waals surface area (Å²) < 4.78 is 1.69. The second-order valence-corrected chi connectivity index (χ2v) is 9.02. The highest BCUT2D eigenvalue weighted by atomic mass is 16.2. The van der Waals surface area contributed by atoms with E-state index < -0.39 is 11.8 Å². The minimum absolute atomic E-state index is 0.235. The Labute approximate surface area is 191 Å². The van der Waals surface area contributed by atoms with Crippen LogP contribution in [0.1, 0.15) is 64.4 Å². The molecule has 1 aliphatic rings. The van der Waals surface area contributed by atoms with Crippen LogP contribution in [0.2, 0.25) is 0 Å². The first-order chi connectivity index (χ1) is 15.6. The van der Waals surface area contributed by atoms with E-state index in [1.165, 1.54) is 0 Å². The summed E-state index contributed by atoms with van der Waals surface area (Å²) in [5.74, 6) is -1.76. The third-order valence-electron chi connectivity index (χ3n) is 5.43. The van der Waals surface area contributed by atoms with Crippen LogP contribution < -0.4 is 10.6 Å². The SMILES string of the molecule is Cc1cc(C(=O)Nc2ccc(C(=O)c3ccc4c(c3)NC(=O)C4C=O)cc2)n(C(C)(C)C)n1. The molecule has 33 heavy (non-hydrogen) atoms. The van der Waals surface area contributed by atoms with E-state index in [2.05, 4.69) is 15.7 Å². The monoisotopic (exact) mass is 444 g/mol. The lowest BCUT2D eigenvalue weighted by atomic mass is 9.97. The van der Waals surface area contributed by atoms with Crippen LogP contribution in [0.3, 0.4) is 0 Å². The minimum atomic E-state index is -0.842. The van der Waals surface area contributed by atoms with E-state index in [0.717, 1.165) is 5.69 Å². The third-order valence-corrected chi connectivity index (χ3v) is 5.43. The van der Waals surface area contributed by atoms with Gasteiger partial charge in [0.2, 0.25) is 5.91 Å². The van der Waals surface area contributed by atoms with Gasteiger partial charge in [-0.2, -0.15) is 5.10 Å². The Hall–Kier alpha value is -4.07. The highest BCUT2D eigenvalue weighted by Gasteiger charge is 2.30. The Bertz CT molecular complexity index is 1280. The number of fused-ring (bicyclic) bond motifs is 1. The van der Waals surface area contributed by atoms with Gasteiger partial charge in [0.15, 0.2) is 5.78 Å². The predicted octanol–water partition coefficient (Wildman–Crippen LogP) is 3.66. The minimum Gasteiger partial charge on any atom is -0.325 e. The van der Waals surface area contributed by atoms with Gasteiger partial charge in [0, 0.05) is 22.5 Å². The van der Waals surface area contributed by atoms with Crippen molar-refractivity contribution in [1.82, 2.24) is 9.78 Å². The van der Waals surface area contributed by atoms with Crippen LogP contribution in [0, 0.1) is 6.92 Å². The van der Waals surface area contributed by atoms with E-state index >= 15 is 0 Å². The van der Waals surface area contributed by atoms with E-state index in [9.17, 15) is 19.2 Å². The maximum atomic E-state index is 12.9. The molecule has 3 aromatic rings. The van der Waals surface area contributed by atoms with Crippen LogP contribution in [0.4, 0.5) is 11.4 Å². The summed E-state index contributed by atoms with van der Waals surface area (Å²) >= 11 is 0. The summed E-state index contributed by atoms with van der Waals surface area (Å²) in [5.41, 5.74) is 3.26. The molecule has 2 heterocycles. The van der Waals surface area contributed by atoms with Gasteiger partial charge in [-0.05, 0) is 69.7 Å². The van der Waals surface area contributed by atoms with Crippen LogP contribution in [0.5, 0.6) is 0 Å². The van der Waals surface area contributed by atoms with E-state index in [1.807, 2.05) is 27.7 Å². The number of hydrogen-bond acceptors (Lipinski definition) is 5. The van der Waals surface area contributed by atoms with Crippen LogP contribution >= 0.6 is 0 Å². The van der Waals surface area contributed by atoms with Crippen molar-refractivity contribution in [3.63, 3.8) is 0 Å². The molecule has 8 heteroatoms. The second-order valence-electron chi connectivity index (χ2n) is 9.02. The summed E-state index contributed by atoms with van der Waals surface area (Å²) in [6, 6.07) is 13.1. The molecule has 0 bridgehead atoms. The summed E-state index contributed by atoms with van der Waals surface area (Å²) in [6.45, 7) is 7.75. The molecule has 4 rings (SSSR count). The summed E-state index contributed by atoms with van der Waals surface area (Å²) in [5, 5.41) is 9.90. The number of ketones is 1. The van der Waals surface area contributed by atoms with Crippen molar-refractivity contribution in [3.05, 3.63) is 76.6 Å². The van der Waals surface area contributed by atoms with Crippen molar-refractivity contribution >= 4 is 35.3 Å². The van der Waals surface area contributed by atoms with Gasteiger partial charge >= 0.3 is 0 Å². The molecule has 168 valence electrons. The quantitative estimate of drug-likeness (QED) is 0.354. The number of carbonyl (C=O) groups excluding carboxylic acids is 4. The molecular weight excluding hydrogens is 420 g/mol. The number of nitrogens with one attached hydrogen (secondary N) is 2. The number of aromatic nitrogens is 2. The van der Waals surface area contributed by atoms with E-state index in [0.29, 0.717) is 40.0 Å². The average Bonchev–Trinajstić information content (AvgIpc) is 3.32. The maximum absolute atomic E-state index is 12.9. The predicted molar refractivity (Wildman–Crippen MR) is 124 cm³/mol. The lowest BCUT2D eigenvalue weighted by molar-refractivity contribution is -0.121. The molecular formula is C25H24N4O4. The summed E-state index contributed by atoms with van der Waals surface area (Å²) in [6.07, 6.45) is 0.589. The molecule has 0 radical (unpaired) electrons. The van der Waals surface area contributed by atoms with E-state index in [4.69, 9.17) is 0 Å². The van der Waals surface area contributed by atoms with Crippen molar-refractivity contribution in [2.24, 2.45) is 0 Å². The van der Waals surface area contributed by atoms with Gasteiger partial charge in [-0.1, -0.05) is 12.1 Å². The Kier molecular flexibility index (Phi) is 5.45. The first-order valence-corrected chi connectivity index (χ1v) is 10.5. The van der Waals surface area contributed by atoms with Crippen LogP contribution in [0.25, 0.3) is 0 Å². The van der Waals surface area contributed by atoms with Gasteiger partial charge < -0.3 is 15.4 Å². The average molecular weight is 444 g/mol. The lowest BCUT2D eigenvalue weighted by Gasteiger charge is -2.22. The maximum Gasteiger partial charge on any atom is 0.273 e. The fourth-order valence-electron chi connectivity index (χ4n) is 3.80. The van der Waals surface area contributed by atoms with Gasteiger partial charge in [0.05, 0.1) is 11.2 Å². The van der Waals surface area contributed by atoms with E-state index in [-0.39, 0.29) is 17.2 Å². The first kappa shape index (κ1) is 22.1. The van der Waals surface area contributed by atoms with E-state index in [1.54, 1.807) is 53.2 Å². The highest BCUT2D eigenvalue weighted by molar-refractivity contribution is 6.14. The first-order valence-electron chi connectivity index (χ1n) is 10.5. The van der Waals surface area contributed by atoms with Gasteiger partial charge in [-0.25, -0.2) is 0 Å². The lowest BCUT2D eigenvalue weighted by Crippen LogP contribution is -2.29. The van der Waals surface area contributed by atoms with Crippen molar-refractivity contribution in [3.8, 4) is 0 Å². The molecule has 0 spiro atoms. The van der Waals surface area contributed by atoms with Gasteiger partial charge in [-0.3, -0.25) is 19.1 Å². The van der Waals surface area contributed by atoms with Crippen molar-refractivity contribution < 1.29 is 19.2 Å². The Morgan fingerprint density at radius 3 is 2.36 bits per heavy atom. The number of nitrogens with zero attached hydrogens (tertiary/aromatic N) is 2. The molecule has 0 saturated carbocycles. The Balaban J connectivity index is 1.51. The number of aryl methyl sites for hydroxylation is 1. The van der Waals surface area contributed by atoms with Gasteiger partial charge in [0.25, 0.3) is 5.91 Å². The number of benzene rings is 2. The highest BCUT2D eigenvalue weighted by Crippen LogP contribution is 2.32. The molecule has 0 fully saturated rings. The molecule has 2 aromatic carbocycles. The smallest absolute Gasteiger partial charge is 0.273 e. The molecule has 0 saturated heterocycles. The summed E-state index contributed by atoms with van der Waals surface area (Å²) in [4.78, 5) is 48.7. The summed E-state index contributed by atoms with van der Waals surface area (Å²) in [7, 11) is 0. The zero-order chi connectivity index (χ0) is 23.9. The molecule has 8 nitrogen and oxygen atoms in total. The topological polar surface area (TPSA) is 110 Å². The molecule has 1 aromatic heterocycles. The zero-order valence-electron chi connectivity index (χ0n) is 18.8. The number of aldehydes is 1. The van der Waals surface area contributed by atoms with Crippen LogP contribution in [-0.2, 0) is 15.1 Å². The fraction of sp³-hybridized carbons (Fsp3) is 0.240. The molecule has 1 unspecified atom stereocenters. The molecule has 2 amide bonds. The van der Waals surface area contributed by atoms with Crippen molar-refractivity contribution in [2.45, 2.75) is 39.2 Å². The van der Waals surface area contributed by atoms with Gasteiger partial charge in [0.1, 0.15) is 17.9 Å². The van der Waals surface area contributed by atoms with Gasteiger partial charge in [-0.15, -0.1) is 0 Å². The van der Waals surface area contributed by atoms with Crippen molar-refractivity contribution in [1.29, 1.82) is 0 Å². The largest absolute Gasteiger partial charge is 0.325 e. The van der Waals surface area contributed by atoms with Crippen molar-refractivity contribution in [2.75, 3.05) is 10.6 Å². The molecule has 0 aliphatic carbocycles. The molecule has 1 atom stereocenters. The Morgan fingerprint density at radius 2 is 1.73 bits per heavy atom. The normalized spacial score (nSPS) is 15.0. The fourth-order valence-corrected chi connectivity index (χ4v) is 3.80. The molecule has 2 N–H and O–H groups in total. The number of amides is 2. The number of carbonyl (C=O) groups is 4. The molecule has 1 aliphatic heterocycles. The standard InChI is InChI=1S/C25H24N4O4/c1-14-11-21(29(28-14)25(2,3)4)24(33)26-17-8-5-15(6-9-17)22(31)16-7-10-18-19(13-30)23(32)27-20(18)12-16/h5-13,19H,1-4H3,(H,26,33)(H,27,32). The Morgan fingerprint density at radius 1 is 1.06 bits per heavy atom. The second kappa shape index (κ2) is 8.12. The van der Waals surface area contributed by atoms with Crippen LogP contribution in [0.15, 0.2) is 48.5 Å².